The summed E-state index contributed by atoms with van der Waals surface area (Å²) in [6.07, 6.45) is 9.30. The Hall–Kier alpha value is -3.62. The molecule has 2 aliphatic heterocycles. The molecule has 1 fully saturated rings. The zero-order chi connectivity index (χ0) is 25.5. The number of methoxy groups -OCH3 is 1. The van der Waals surface area contributed by atoms with Gasteiger partial charge in [-0.2, -0.15) is 0 Å². The fourth-order valence-corrected chi connectivity index (χ4v) is 4.26. The van der Waals surface area contributed by atoms with Crippen molar-refractivity contribution in [2.75, 3.05) is 38.3 Å². The molecule has 1 N–H and O–H groups in total. The average molecular weight is 491 g/mol. The molecule has 1 atom stereocenters. The Morgan fingerprint density at radius 2 is 2.06 bits per heavy atom. The highest BCUT2D eigenvalue weighted by atomic mass is 19.1. The number of allylic oxidation sites excluding steroid dienone is 4. The number of aliphatic hydroxyl groups is 1. The van der Waals surface area contributed by atoms with Gasteiger partial charge in [0.1, 0.15) is 18.3 Å². The number of aliphatic hydroxyl groups excluding tert-OH is 1. The molecule has 2 aliphatic rings. The highest BCUT2D eigenvalue weighted by molar-refractivity contribution is 5.93. The van der Waals surface area contributed by atoms with E-state index in [9.17, 15) is 5.11 Å². The van der Waals surface area contributed by atoms with Gasteiger partial charge in [0.25, 0.3) is 0 Å². The first-order valence-corrected chi connectivity index (χ1v) is 11.9. The standard InChI is InChI=1S/C28H31FN4O3/c1-4-24(29)23(28(34)20-6-5-11-30-26(35-3)10-7-20)16-19(2)27-22-9-8-21(17-25(22)31-18-32-27)33-12-14-36-15-13-33/h4-5,7-9,11,16-18,28,34H,2,6,10,12-15H2,1,3H3/b11-5+,20-7+,23-16?,24-4?,30-26?. The molecule has 1 saturated heterocycles. The van der Waals surface area contributed by atoms with Crippen molar-refractivity contribution in [2.24, 2.45) is 4.99 Å². The summed E-state index contributed by atoms with van der Waals surface area (Å²) in [7, 11) is 1.54. The molecule has 36 heavy (non-hydrogen) atoms. The minimum atomic E-state index is -1.17. The molecule has 188 valence electrons. The van der Waals surface area contributed by atoms with Crippen LogP contribution in [0.1, 0.15) is 25.5 Å². The van der Waals surface area contributed by atoms with Gasteiger partial charge in [-0.05, 0) is 48.8 Å². The molecule has 1 unspecified atom stereocenters. The largest absolute Gasteiger partial charge is 0.484 e. The topological polar surface area (TPSA) is 80.1 Å². The number of hydrogen-bond donors (Lipinski definition) is 1. The van der Waals surface area contributed by atoms with Crippen LogP contribution in [0.15, 0.2) is 83.6 Å². The summed E-state index contributed by atoms with van der Waals surface area (Å²) in [6.45, 7) is 8.79. The van der Waals surface area contributed by atoms with E-state index < -0.39 is 11.9 Å². The van der Waals surface area contributed by atoms with Gasteiger partial charge < -0.3 is 19.5 Å². The Bertz CT molecular complexity index is 1270. The summed E-state index contributed by atoms with van der Waals surface area (Å²) in [5.74, 6) is -0.00909. The summed E-state index contributed by atoms with van der Waals surface area (Å²) in [5, 5.41) is 12.0. The van der Waals surface area contributed by atoms with Crippen LogP contribution < -0.4 is 4.90 Å². The van der Waals surface area contributed by atoms with Gasteiger partial charge in [0.2, 0.25) is 0 Å². The molecule has 3 heterocycles. The minimum absolute atomic E-state index is 0.121. The molecule has 0 spiro atoms. The number of nitrogens with zero attached hydrogens (tertiary/aromatic N) is 4. The summed E-state index contributed by atoms with van der Waals surface area (Å²) < 4.78 is 25.7. The van der Waals surface area contributed by atoms with Crippen molar-refractivity contribution in [1.82, 2.24) is 9.97 Å². The summed E-state index contributed by atoms with van der Waals surface area (Å²) in [6, 6.07) is 6.01. The molecule has 7 nitrogen and oxygen atoms in total. The molecule has 0 aliphatic carbocycles. The van der Waals surface area contributed by atoms with Crippen LogP contribution in [0.4, 0.5) is 10.1 Å². The van der Waals surface area contributed by atoms with Crippen LogP contribution in [0.25, 0.3) is 16.5 Å². The van der Waals surface area contributed by atoms with Gasteiger partial charge >= 0.3 is 0 Å². The maximum Gasteiger partial charge on any atom is 0.191 e. The van der Waals surface area contributed by atoms with Gasteiger partial charge in [-0.25, -0.2) is 19.4 Å². The van der Waals surface area contributed by atoms with Crippen molar-refractivity contribution in [2.45, 2.75) is 25.9 Å². The number of fused-ring (bicyclic) bond motifs is 1. The van der Waals surface area contributed by atoms with Crippen molar-refractivity contribution < 1.29 is 19.0 Å². The average Bonchev–Trinajstić information content (AvgIpc) is 2.90. The van der Waals surface area contributed by atoms with Crippen LogP contribution in [0.2, 0.25) is 0 Å². The molecule has 1 aromatic carbocycles. The van der Waals surface area contributed by atoms with Crippen LogP contribution >= 0.6 is 0 Å². The predicted octanol–water partition coefficient (Wildman–Crippen LogP) is 4.92. The maximum atomic E-state index is 15.0. The second-order valence-corrected chi connectivity index (χ2v) is 8.49. The lowest BCUT2D eigenvalue weighted by molar-refractivity contribution is 0.122. The van der Waals surface area contributed by atoms with E-state index in [0.717, 1.165) is 29.7 Å². The van der Waals surface area contributed by atoms with E-state index in [1.807, 2.05) is 24.3 Å². The number of anilines is 1. The zero-order valence-corrected chi connectivity index (χ0v) is 20.7. The van der Waals surface area contributed by atoms with Crippen LogP contribution in [-0.2, 0) is 9.47 Å². The van der Waals surface area contributed by atoms with E-state index in [2.05, 4.69) is 26.4 Å². The molecule has 0 amide bonds. The highest BCUT2D eigenvalue weighted by Gasteiger charge is 2.21. The molecule has 4 rings (SSSR count). The van der Waals surface area contributed by atoms with Gasteiger partial charge in [0.15, 0.2) is 5.90 Å². The van der Waals surface area contributed by atoms with E-state index in [-0.39, 0.29) is 5.57 Å². The third-order valence-corrected chi connectivity index (χ3v) is 6.26. The van der Waals surface area contributed by atoms with Gasteiger partial charge in [0, 0.05) is 42.4 Å². The summed E-state index contributed by atoms with van der Waals surface area (Å²) in [5.41, 5.74) is 3.67. The van der Waals surface area contributed by atoms with Crippen LogP contribution in [0.5, 0.6) is 0 Å². The first-order valence-electron chi connectivity index (χ1n) is 11.9. The van der Waals surface area contributed by atoms with E-state index in [1.165, 1.54) is 12.4 Å². The van der Waals surface area contributed by atoms with E-state index in [0.29, 0.717) is 48.8 Å². The van der Waals surface area contributed by atoms with Crippen molar-refractivity contribution in [1.29, 1.82) is 0 Å². The number of ether oxygens (including phenoxy) is 2. The van der Waals surface area contributed by atoms with Crippen molar-refractivity contribution in [3.63, 3.8) is 0 Å². The van der Waals surface area contributed by atoms with Gasteiger partial charge in [-0.15, -0.1) is 0 Å². The number of rotatable bonds is 6. The highest BCUT2D eigenvalue weighted by Crippen LogP contribution is 2.30. The maximum absolute atomic E-state index is 15.0. The van der Waals surface area contributed by atoms with Crippen molar-refractivity contribution in [3.05, 3.63) is 84.3 Å². The fourth-order valence-electron chi connectivity index (χ4n) is 4.26. The van der Waals surface area contributed by atoms with E-state index >= 15 is 4.39 Å². The minimum Gasteiger partial charge on any atom is -0.484 e. The second-order valence-electron chi connectivity index (χ2n) is 8.49. The Kier molecular flexibility index (Phi) is 8.40. The number of halogens is 1. The Balaban J connectivity index is 1.66. The van der Waals surface area contributed by atoms with E-state index in [4.69, 9.17) is 9.47 Å². The molecule has 0 bridgehead atoms. The molecular formula is C28H31FN4O3. The van der Waals surface area contributed by atoms with Crippen LogP contribution in [-0.4, -0.2) is 60.5 Å². The van der Waals surface area contributed by atoms with E-state index in [1.54, 1.807) is 32.4 Å². The Labute approximate surface area is 210 Å². The molecule has 0 radical (unpaired) electrons. The number of aliphatic imine (C=N–C) groups is 1. The smallest absolute Gasteiger partial charge is 0.191 e. The summed E-state index contributed by atoms with van der Waals surface area (Å²) >= 11 is 0. The number of hydrogen-bond acceptors (Lipinski definition) is 7. The molecular weight excluding hydrogens is 459 g/mol. The monoisotopic (exact) mass is 490 g/mol. The van der Waals surface area contributed by atoms with Gasteiger partial charge in [0.05, 0.1) is 31.5 Å². The fraction of sp³-hybridized carbons (Fsp3) is 0.321. The van der Waals surface area contributed by atoms with Crippen molar-refractivity contribution in [3.8, 4) is 0 Å². The normalized spacial score (nSPS) is 20.6. The Morgan fingerprint density at radius 1 is 1.25 bits per heavy atom. The van der Waals surface area contributed by atoms with Crippen LogP contribution in [0, 0.1) is 0 Å². The third kappa shape index (κ3) is 5.78. The zero-order valence-electron chi connectivity index (χ0n) is 20.7. The quantitative estimate of drug-likeness (QED) is 0.457. The lowest BCUT2D eigenvalue weighted by Crippen LogP contribution is -2.36. The molecule has 1 aromatic heterocycles. The predicted molar refractivity (Wildman–Crippen MR) is 141 cm³/mol. The number of benzene rings is 1. The lowest BCUT2D eigenvalue weighted by Gasteiger charge is -2.29. The lowest BCUT2D eigenvalue weighted by atomic mass is 9.94. The van der Waals surface area contributed by atoms with Crippen LogP contribution in [0.3, 0.4) is 0 Å². The molecule has 8 heteroatoms. The first-order chi connectivity index (χ1) is 17.5. The first kappa shape index (κ1) is 25.5. The number of morpholine rings is 1. The van der Waals surface area contributed by atoms with Gasteiger partial charge in [-0.1, -0.05) is 24.8 Å². The number of aromatic nitrogens is 2. The molecule has 0 saturated carbocycles. The molecule has 2 aromatic rings. The summed E-state index contributed by atoms with van der Waals surface area (Å²) in [4.78, 5) is 15.3. The van der Waals surface area contributed by atoms with Gasteiger partial charge in [-0.3, -0.25) is 0 Å². The third-order valence-electron chi connectivity index (χ3n) is 6.26. The second kappa shape index (κ2) is 11.9. The van der Waals surface area contributed by atoms with Crippen molar-refractivity contribution >= 4 is 28.1 Å². The Morgan fingerprint density at radius 3 is 2.81 bits per heavy atom. The SMILES string of the molecule is C=C(C=C(C(F)=CC)C(O)/C1=C/CC(OC)=N/C=C/C1)c1ncnc2cc(N3CCOCC3)ccc12.